The van der Waals surface area contributed by atoms with Gasteiger partial charge in [0.1, 0.15) is 0 Å². The molecule has 0 saturated carbocycles. The lowest BCUT2D eigenvalue weighted by atomic mass is 9.81. The molecule has 0 unspecified atom stereocenters. The van der Waals surface area contributed by atoms with Crippen LogP contribution in [0.25, 0.3) is 0 Å². The van der Waals surface area contributed by atoms with E-state index in [4.69, 9.17) is 4.74 Å². The minimum absolute atomic E-state index is 0.0429. The molecule has 110 valence electrons. The van der Waals surface area contributed by atoms with Gasteiger partial charge in [0.15, 0.2) is 0 Å². The molecule has 0 amide bonds. The maximum Gasteiger partial charge on any atom is 0.0628 e. The van der Waals surface area contributed by atoms with Gasteiger partial charge in [-0.05, 0) is 46.0 Å². The summed E-state index contributed by atoms with van der Waals surface area (Å²) in [6.45, 7) is 16.9. The number of ether oxygens (including phenoxy) is 1. The van der Waals surface area contributed by atoms with Crippen LogP contribution in [0.4, 0.5) is 0 Å². The summed E-state index contributed by atoms with van der Waals surface area (Å²) in [6, 6.07) is 0. The first-order valence-corrected chi connectivity index (χ1v) is 7.34. The van der Waals surface area contributed by atoms with Crippen LogP contribution in [0.1, 0.15) is 74.1 Å². The first-order chi connectivity index (χ1) is 8.04. The van der Waals surface area contributed by atoms with Crippen LogP contribution in [0.5, 0.6) is 0 Å². The molecule has 1 N–H and O–H groups in total. The molecule has 0 aromatic heterocycles. The number of hydrogen-bond acceptors (Lipinski definition) is 2. The lowest BCUT2D eigenvalue weighted by Gasteiger charge is -2.37. The third kappa shape index (κ3) is 8.10. The van der Waals surface area contributed by atoms with Crippen LogP contribution in [-0.4, -0.2) is 24.8 Å². The summed E-state index contributed by atoms with van der Waals surface area (Å²) < 4.78 is 5.54. The molecule has 0 atom stereocenters. The highest BCUT2D eigenvalue weighted by Gasteiger charge is 2.30. The Morgan fingerprint density at radius 2 is 1.56 bits per heavy atom. The molecule has 0 aromatic rings. The molecule has 0 aliphatic heterocycles. The van der Waals surface area contributed by atoms with Crippen LogP contribution in [-0.2, 0) is 4.74 Å². The van der Waals surface area contributed by atoms with E-state index in [1.165, 1.54) is 19.3 Å². The molecule has 0 heterocycles. The molecule has 18 heavy (non-hydrogen) atoms. The highest BCUT2D eigenvalue weighted by Crippen LogP contribution is 2.30. The van der Waals surface area contributed by atoms with E-state index in [9.17, 15) is 0 Å². The fraction of sp³-hybridized carbons (Fsp3) is 1.00. The van der Waals surface area contributed by atoms with E-state index in [1.54, 1.807) is 7.11 Å². The standard InChI is InChI=1S/C16H35NO/c1-9-10-11-15(4,5)17-13-14(2,3)12-16(6,7)18-8/h17H,9-13H2,1-8H3. The normalized spacial score (nSPS) is 14.0. The zero-order chi connectivity index (χ0) is 14.4. The Kier molecular flexibility index (Phi) is 6.87. The molecule has 0 spiro atoms. The van der Waals surface area contributed by atoms with Gasteiger partial charge in [0.25, 0.3) is 0 Å². The van der Waals surface area contributed by atoms with E-state index in [1.807, 2.05) is 0 Å². The van der Waals surface area contributed by atoms with Gasteiger partial charge in [0, 0.05) is 19.2 Å². The number of hydrogen-bond donors (Lipinski definition) is 1. The summed E-state index contributed by atoms with van der Waals surface area (Å²) in [5.41, 5.74) is 0.451. The SMILES string of the molecule is CCCCC(C)(C)NCC(C)(C)CC(C)(C)OC. The zero-order valence-corrected chi connectivity index (χ0v) is 13.9. The topological polar surface area (TPSA) is 21.3 Å². The zero-order valence-electron chi connectivity index (χ0n) is 13.9. The third-order valence-electron chi connectivity index (χ3n) is 3.66. The number of rotatable bonds is 9. The number of unbranched alkanes of at least 4 members (excludes halogenated alkanes) is 1. The fourth-order valence-electron chi connectivity index (χ4n) is 2.47. The van der Waals surface area contributed by atoms with Gasteiger partial charge in [-0.3, -0.25) is 0 Å². The minimum atomic E-state index is -0.0429. The second-order valence-electron chi connectivity index (χ2n) is 7.65. The van der Waals surface area contributed by atoms with Gasteiger partial charge in [-0.2, -0.15) is 0 Å². The molecular formula is C16H35NO. The van der Waals surface area contributed by atoms with Crippen molar-refractivity contribution in [2.45, 2.75) is 85.3 Å². The van der Waals surface area contributed by atoms with E-state index < -0.39 is 0 Å². The molecule has 0 bridgehead atoms. The van der Waals surface area contributed by atoms with E-state index in [-0.39, 0.29) is 16.6 Å². The number of methoxy groups -OCH3 is 1. The summed E-state index contributed by atoms with van der Waals surface area (Å²) >= 11 is 0. The molecule has 2 heteroatoms. The third-order valence-corrected chi connectivity index (χ3v) is 3.66. The Morgan fingerprint density at radius 3 is 2.00 bits per heavy atom. The molecular weight excluding hydrogens is 222 g/mol. The smallest absolute Gasteiger partial charge is 0.0628 e. The maximum absolute atomic E-state index is 5.54. The molecule has 0 fully saturated rings. The number of nitrogens with one attached hydrogen (secondary N) is 1. The van der Waals surface area contributed by atoms with E-state index in [0.717, 1.165) is 13.0 Å². The summed E-state index contributed by atoms with van der Waals surface area (Å²) in [6.07, 6.45) is 4.87. The quantitative estimate of drug-likeness (QED) is 0.661. The Bertz CT molecular complexity index is 231. The Hall–Kier alpha value is -0.0800. The van der Waals surface area contributed by atoms with Crippen molar-refractivity contribution in [3.8, 4) is 0 Å². The summed E-state index contributed by atoms with van der Waals surface area (Å²) in [4.78, 5) is 0. The monoisotopic (exact) mass is 257 g/mol. The van der Waals surface area contributed by atoms with Gasteiger partial charge < -0.3 is 10.1 Å². The van der Waals surface area contributed by atoms with Crippen LogP contribution < -0.4 is 5.32 Å². The van der Waals surface area contributed by atoms with Gasteiger partial charge in [0.2, 0.25) is 0 Å². The molecule has 0 saturated heterocycles. The second-order valence-corrected chi connectivity index (χ2v) is 7.65. The van der Waals surface area contributed by atoms with Crippen LogP contribution in [0, 0.1) is 5.41 Å². The molecule has 0 aromatic carbocycles. The van der Waals surface area contributed by atoms with Crippen molar-refractivity contribution in [2.24, 2.45) is 5.41 Å². The van der Waals surface area contributed by atoms with Crippen LogP contribution in [0.15, 0.2) is 0 Å². The average molecular weight is 257 g/mol. The van der Waals surface area contributed by atoms with Crippen molar-refractivity contribution < 1.29 is 4.74 Å². The maximum atomic E-state index is 5.54. The van der Waals surface area contributed by atoms with Gasteiger partial charge in [-0.25, -0.2) is 0 Å². The highest BCUT2D eigenvalue weighted by atomic mass is 16.5. The summed E-state index contributed by atoms with van der Waals surface area (Å²) in [5.74, 6) is 0. The van der Waals surface area contributed by atoms with Crippen molar-refractivity contribution in [2.75, 3.05) is 13.7 Å². The lowest BCUT2D eigenvalue weighted by molar-refractivity contribution is -0.0139. The Morgan fingerprint density at radius 1 is 1.00 bits per heavy atom. The van der Waals surface area contributed by atoms with Crippen LogP contribution in [0.2, 0.25) is 0 Å². The average Bonchev–Trinajstić information content (AvgIpc) is 2.23. The highest BCUT2D eigenvalue weighted by molar-refractivity contribution is 4.85. The van der Waals surface area contributed by atoms with Crippen molar-refractivity contribution in [1.29, 1.82) is 0 Å². The Balaban J connectivity index is 4.25. The Labute approximate surface area is 115 Å². The molecule has 0 aliphatic rings. The van der Waals surface area contributed by atoms with Crippen LogP contribution in [0.3, 0.4) is 0 Å². The van der Waals surface area contributed by atoms with Crippen molar-refractivity contribution in [1.82, 2.24) is 5.32 Å². The van der Waals surface area contributed by atoms with Crippen molar-refractivity contribution in [3.05, 3.63) is 0 Å². The van der Waals surface area contributed by atoms with Gasteiger partial charge in [-0.15, -0.1) is 0 Å². The minimum Gasteiger partial charge on any atom is -0.379 e. The first kappa shape index (κ1) is 17.9. The summed E-state index contributed by atoms with van der Waals surface area (Å²) in [5, 5.41) is 3.73. The van der Waals surface area contributed by atoms with Gasteiger partial charge >= 0.3 is 0 Å². The van der Waals surface area contributed by atoms with E-state index in [2.05, 4.69) is 53.8 Å². The largest absolute Gasteiger partial charge is 0.379 e. The van der Waals surface area contributed by atoms with Crippen molar-refractivity contribution in [3.63, 3.8) is 0 Å². The summed E-state index contributed by atoms with van der Waals surface area (Å²) in [7, 11) is 1.80. The van der Waals surface area contributed by atoms with E-state index >= 15 is 0 Å². The van der Waals surface area contributed by atoms with E-state index in [0.29, 0.717) is 0 Å². The molecule has 0 aliphatic carbocycles. The second kappa shape index (κ2) is 6.91. The molecule has 0 radical (unpaired) electrons. The lowest BCUT2D eigenvalue weighted by Crippen LogP contribution is -2.46. The predicted octanol–water partition coefficient (Wildman–Crippen LogP) is 4.39. The van der Waals surface area contributed by atoms with Crippen LogP contribution >= 0.6 is 0 Å². The predicted molar refractivity (Wildman–Crippen MR) is 81.1 cm³/mol. The first-order valence-electron chi connectivity index (χ1n) is 7.34. The van der Waals surface area contributed by atoms with Gasteiger partial charge in [0.05, 0.1) is 5.60 Å². The van der Waals surface area contributed by atoms with Crippen molar-refractivity contribution >= 4 is 0 Å². The van der Waals surface area contributed by atoms with Gasteiger partial charge in [-0.1, -0.05) is 33.6 Å². The molecule has 2 nitrogen and oxygen atoms in total. The molecule has 0 rings (SSSR count). The fourth-order valence-corrected chi connectivity index (χ4v) is 2.47.